The molecule has 2 aliphatic heterocycles. The van der Waals surface area contributed by atoms with Gasteiger partial charge in [-0.2, -0.15) is 5.26 Å². The van der Waals surface area contributed by atoms with Crippen molar-refractivity contribution in [3.8, 4) is 6.07 Å². The summed E-state index contributed by atoms with van der Waals surface area (Å²) in [5, 5.41) is 10.3. The Bertz CT molecular complexity index is 988. The van der Waals surface area contributed by atoms with Crippen molar-refractivity contribution in [2.24, 2.45) is 11.8 Å². The van der Waals surface area contributed by atoms with E-state index in [1.807, 2.05) is 4.90 Å². The van der Waals surface area contributed by atoms with Crippen LogP contribution >= 0.6 is 0 Å². The van der Waals surface area contributed by atoms with Gasteiger partial charge in [0.2, 0.25) is 5.91 Å². The first-order valence-electron chi connectivity index (χ1n) is 13.1. The molecule has 2 saturated carbocycles. The first-order valence-corrected chi connectivity index (χ1v) is 13.1. The smallest absolute Gasteiger partial charge is 0.248 e. The molecule has 0 aromatic heterocycles. The quantitative estimate of drug-likeness (QED) is 0.598. The van der Waals surface area contributed by atoms with Gasteiger partial charge in [-0.05, 0) is 80.0 Å². The van der Waals surface area contributed by atoms with E-state index >= 15 is 0 Å². The van der Waals surface area contributed by atoms with Crippen molar-refractivity contribution in [3.63, 3.8) is 0 Å². The van der Waals surface area contributed by atoms with Crippen molar-refractivity contribution in [2.75, 3.05) is 37.7 Å². The largest absolute Gasteiger partial charge is 0.371 e. The molecule has 2 aliphatic carbocycles. The number of anilines is 1. The predicted octanol–water partition coefficient (Wildman–Crippen LogP) is 4.39. The number of nitrogens with zero attached hydrogens (tertiary/aromatic N) is 3. The zero-order valence-electron chi connectivity index (χ0n) is 21.2. The maximum Gasteiger partial charge on any atom is 0.248 e. The van der Waals surface area contributed by atoms with Gasteiger partial charge in [0, 0.05) is 26.1 Å². The van der Waals surface area contributed by atoms with Crippen LogP contribution in [0.25, 0.3) is 0 Å². The molecule has 1 aromatic carbocycles. The maximum atomic E-state index is 13.0. The first-order chi connectivity index (χ1) is 16.3. The lowest BCUT2D eigenvalue weighted by Gasteiger charge is -2.45. The average Bonchev–Trinajstić information content (AvgIpc) is 3.71. The van der Waals surface area contributed by atoms with E-state index in [-0.39, 0.29) is 24.2 Å². The van der Waals surface area contributed by atoms with Gasteiger partial charge in [-0.3, -0.25) is 4.79 Å². The average molecular weight is 466 g/mol. The third-order valence-electron chi connectivity index (χ3n) is 8.03. The number of hydrogen-bond acceptors (Lipinski definition) is 5. The lowest BCUT2D eigenvalue weighted by Crippen LogP contribution is -2.58. The summed E-state index contributed by atoms with van der Waals surface area (Å²) in [6.45, 7) is 12.3. The minimum absolute atomic E-state index is 0.0996. The zero-order valence-corrected chi connectivity index (χ0v) is 21.2. The van der Waals surface area contributed by atoms with E-state index in [2.05, 4.69) is 44.7 Å². The first kappa shape index (κ1) is 23.6. The third-order valence-corrected chi connectivity index (χ3v) is 8.03. The Kier molecular flexibility index (Phi) is 6.37. The standard InChI is InChI=1S/C28H39N3O3/c1-18(2)26-14-30(9-10-31(26)27(32)17-33-15-19-5-6-19)25-11-21(20-7-8-20)24-16-34-28(3,4)12-22(24)23(25)13-29/h11,18-20,26H,5-10,12,14-17H2,1-4H3/t26-/m0/s1. The molecule has 184 valence electrons. The fraction of sp³-hybridized carbons (Fsp3) is 0.714. The zero-order chi connectivity index (χ0) is 24.0. The summed E-state index contributed by atoms with van der Waals surface area (Å²) in [6.07, 6.45) is 5.67. The molecule has 0 radical (unpaired) electrons. The van der Waals surface area contributed by atoms with Crippen molar-refractivity contribution < 1.29 is 14.3 Å². The van der Waals surface area contributed by atoms with Crippen LogP contribution in [0.1, 0.15) is 81.5 Å². The Balaban J connectivity index is 1.41. The van der Waals surface area contributed by atoms with Crippen LogP contribution in [0.2, 0.25) is 0 Å². The van der Waals surface area contributed by atoms with Crippen LogP contribution in [0.5, 0.6) is 0 Å². The molecule has 3 fully saturated rings. The second-order valence-corrected chi connectivity index (χ2v) is 11.7. The van der Waals surface area contributed by atoms with Gasteiger partial charge < -0.3 is 19.3 Å². The number of piperazine rings is 1. The molecular weight excluding hydrogens is 426 g/mol. The van der Waals surface area contributed by atoms with Gasteiger partial charge in [0.1, 0.15) is 12.7 Å². The topological polar surface area (TPSA) is 65.8 Å². The minimum Gasteiger partial charge on any atom is -0.371 e. The molecule has 2 heterocycles. The molecule has 6 heteroatoms. The molecule has 6 nitrogen and oxygen atoms in total. The highest BCUT2D eigenvalue weighted by Gasteiger charge is 2.38. The van der Waals surface area contributed by atoms with E-state index in [1.54, 1.807) is 0 Å². The van der Waals surface area contributed by atoms with Crippen molar-refractivity contribution in [1.29, 1.82) is 5.26 Å². The Hall–Kier alpha value is -2.10. The Morgan fingerprint density at radius 3 is 2.65 bits per heavy atom. The van der Waals surface area contributed by atoms with Crippen LogP contribution < -0.4 is 4.90 Å². The number of ether oxygens (including phenoxy) is 2. The molecule has 0 bridgehead atoms. The summed E-state index contributed by atoms with van der Waals surface area (Å²) in [6, 6.07) is 4.96. The van der Waals surface area contributed by atoms with Gasteiger partial charge in [0.05, 0.1) is 36.1 Å². The highest BCUT2D eigenvalue weighted by Crippen LogP contribution is 2.47. The van der Waals surface area contributed by atoms with Gasteiger partial charge in [-0.25, -0.2) is 0 Å². The van der Waals surface area contributed by atoms with Gasteiger partial charge in [0.15, 0.2) is 0 Å². The molecule has 0 N–H and O–H groups in total. The van der Waals surface area contributed by atoms with Crippen LogP contribution in [0.4, 0.5) is 5.69 Å². The summed E-state index contributed by atoms with van der Waals surface area (Å²) in [4.78, 5) is 17.4. The predicted molar refractivity (Wildman–Crippen MR) is 132 cm³/mol. The molecule has 1 aromatic rings. The number of amides is 1. The van der Waals surface area contributed by atoms with E-state index < -0.39 is 0 Å². The normalized spacial score (nSPS) is 24.2. The molecule has 1 amide bonds. The van der Waals surface area contributed by atoms with Gasteiger partial charge >= 0.3 is 0 Å². The molecule has 0 unspecified atom stereocenters. The van der Waals surface area contributed by atoms with E-state index in [0.717, 1.165) is 30.8 Å². The lowest BCUT2D eigenvalue weighted by molar-refractivity contribution is -0.140. The lowest BCUT2D eigenvalue weighted by atomic mass is 9.83. The van der Waals surface area contributed by atoms with E-state index in [4.69, 9.17) is 9.47 Å². The van der Waals surface area contributed by atoms with E-state index in [9.17, 15) is 10.1 Å². The van der Waals surface area contributed by atoms with Crippen LogP contribution in [0.15, 0.2) is 6.07 Å². The van der Waals surface area contributed by atoms with Crippen LogP contribution in [0, 0.1) is 23.2 Å². The van der Waals surface area contributed by atoms with E-state index in [1.165, 1.54) is 42.4 Å². The summed E-state index contributed by atoms with van der Waals surface area (Å²) in [5.41, 5.74) is 5.43. The van der Waals surface area contributed by atoms with Crippen LogP contribution in [-0.4, -0.2) is 55.3 Å². The van der Waals surface area contributed by atoms with Crippen LogP contribution in [0.3, 0.4) is 0 Å². The van der Waals surface area contributed by atoms with Crippen molar-refractivity contribution in [2.45, 2.75) is 84.0 Å². The van der Waals surface area contributed by atoms with Crippen molar-refractivity contribution >= 4 is 11.6 Å². The number of hydrogen-bond donors (Lipinski definition) is 0. The van der Waals surface area contributed by atoms with Gasteiger partial charge in [-0.1, -0.05) is 13.8 Å². The molecule has 1 atom stereocenters. The second kappa shape index (κ2) is 9.17. The number of benzene rings is 1. The highest BCUT2D eigenvalue weighted by atomic mass is 16.5. The number of nitriles is 1. The fourth-order valence-corrected chi connectivity index (χ4v) is 5.62. The molecule has 34 heavy (non-hydrogen) atoms. The number of carbonyl (C=O) groups excluding carboxylic acids is 1. The summed E-state index contributed by atoms with van der Waals surface area (Å²) in [5.74, 6) is 1.68. The van der Waals surface area contributed by atoms with Crippen molar-refractivity contribution in [3.05, 3.63) is 28.3 Å². The van der Waals surface area contributed by atoms with Gasteiger partial charge in [-0.15, -0.1) is 0 Å². The summed E-state index contributed by atoms with van der Waals surface area (Å²) < 4.78 is 11.9. The highest BCUT2D eigenvalue weighted by molar-refractivity contribution is 5.78. The molecule has 0 spiro atoms. The van der Waals surface area contributed by atoms with Crippen molar-refractivity contribution in [1.82, 2.24) is 4.90 Å². The molecular formula is C28H39N3O3. The van der Waals surface area contributed by atoms with E-state index in [0.29, 0.717) is 37.5 Å². The maximum absolute atomic E-state index is 13.0. The monoisotopic (exact) mass is 465 g/mol. The number of fused-ring (bicyclic) bond motifs is 1. The van der Waals surface area contributed by atoms with Crippen LogP contribution in [-0.2, 0) is 27.3 Å². The third kappa shape index (κ3) is 4.83. The second-order valence-electron chi connectivity index (χ2n) is 11.7. The van der Waals surface area contributed by atoms with Gasteiger partial charge in [0.25, 0.3) is 0 Å². The summed E-state index contributed by atoms with van der Waals surface area (Å²) in [7, 11) is 0. The molecule has 5 rings (SSSR count). The fourth-order valence-electron chi connectivity index (χ4n) is 5.62. The summed E-state index contributed by atoms with van der Waals surface area (Å²) >= 11 is 0. The Morgan fingerprint density at radius 1 is 1.24 bits per heavy atom. The SMILES string of the molecule is CC(C)[C@@H]1CN(c2cc(C3CC3)c3c(c2C#N)CC(C)(C)OC3)CCN1C(=O)COCC1CC1. The molecule has 4 aliphatic rings. The molecule has 1 saturated heterocycles. The Labute approximate surface area is 204 Å². The minimum atomic E-state index is -0.260. The number of carbonyl (C=O) groups is 1. The Morgan fingerprint density at radius 2 is 2.00 bits per heavy atom. The number of rotatable bonds is 7.